The average Bonchev–Trinajstić information content (AvgIpc) is 1.83. The molecule has 0 fully saturated rings. The van der Waals surface area contributed by atoms with Gasteiger partial charge in [-0.2, -0.15) is 5.26 Å². The third kappa shape index (κ3) is 3.90. The Kier molecular flexibility index (Phi) is 4.71. The molecule has 0 atom stereocenters. The van der Waals surface area contributed by atoms with Gasteiger partial charge in [0.2, 0.25) is 4.38 Å². The third-order valence-electron chi connectivity index (χ3n) is 0.421. The Morgan fingerprint density at radius 1 is 2.00 bits per heavy atom. The molecule has 0 aliphatic rings. The van der Waals surface area contributed by atoms with Crippen LogP contribution in [0.1, 0.15) is 0 Å². The average molecular weight is 147 g/mol. The summed E-state index contributed by atoms with van der Waals surface area (Å²) in [4.78, 5) is 0. The zero-order valence-corrected chi connectivity index (χ0v) is 6.01. The van der Waals surface area contributed by atoms with Gasteiger partial charge in [0.05, 0.1) is 18.9 Å². The molecule has 0 rings (SSSR count). The van der Waals surface area contributed by atoms with Gasteiger partial charge in [-0.3, -0.25) is 0 Å². The molecule has 44 valence electrons. The summed E-state index contributed by atoms with van der Waals surface area (Å²) in [5, 5.41) is 8.02. The van der Waals surface area contributed by atoms with Crippen molar-refractivity contribution in [1.29, 1.82) is 5.26 Å². The van der Waals surface area contributed by atoms with Crippen LogP contribution in [0.3, 0.4) is 0 Å². The normalized spacial score (nSPS) is 7.50. The van der Waals surface area contributed by atoms with E-state index in [1.54, 1.807) is 0 Å². The number of methoxy groups -OCH3 is 1. The minimum atomic E-state index is 0.368. The molecular formula is C4H5NOS2. The molecule has 0 radical (unpaired) electrons. The van der Waals surface area contributed by atoms with Crippen LogP contribution in [0.5, 0.6) is 0 Å². The number of rotatable bonds is 1. The van der Waals surface area contributed by atoms with Crippen LogP contribution in [0.4, 0.5) is 0 Å². The summed E-state index contributed by atoms with van der Waals surface area (Å²) in [6.07, 6.45) is 0. The van der Waals surface area contributed by atoms with Gasteiger partial charge in [-0.05, 0) is 12.2 Å². The van der Waals surface area contributed by atoms with Crippen molar-refractivity contribution in [3.05, 3.63) is 0 Å². The van der Waals surface area contributed by atoms with Crippen LogP contribution in [0, 0.1) is 11.3 Å². The second-order valence-corrected chi connectivity index (χ2v) is 2.48. The summed E-state index contributed by atoms with van der Waals surface area (Å²) in [5.74, 6) is 0.368. The molecule has 0 bridgehead atoms. The number of nitriles is 1. The van der Waals surface area contributed by atoms with Crippen molar-refractivity contribution < 1.29 is 4.74 Å². The van der Waals surface area contributed by atoms with Crippen LogP contribution < -0.4 is 0 Å². The summed E-state index contributed by atoms with van der Waals surface area (Å²) in [5.41, 5.74) is 0. The van der Waals surface area contributed by atoms with Crippen LogP contribution in [-0.2, 0) is 4.74 Å². The van der Waals surface area contributed by atoms with Gasteiger partial charge in [0.15, 0.2) is 0 Å². The summed E-state index contributed by atoms with van der Waals surface area (Å²) in [6.45, 7) is 0. The molecule has 0 N–H and O–H groups in total. The fraction of sp³-hybridized carbons (Fsp3) is 0.500. The minimum absolute atomic E-state index is 0.368. The summed E-state index contributed by atoms with van der Waals surface area (Å²) in [7, 11) is 1.49. The lowest BCUT2D eigenvalue weighted by atomic mass is 10.9. The first kappa shape index (κ1) is 7.73. The Labute approximate surface area is 57.8 Å². The first-order valence-electron chi connectivity index (χ1n) is 1.89. The lowest BCUT2D eigenvalue weighted by molar-refractivity contribution is 0.426. The predicted octanol–water partition coefficient (Wildman–Crippen LogP) is 1.17. The Balaban J connectivity index is 3.15. The molecule has 8 heavy (non-hydrogen) atoms. The highest BCUT2D eigenvalue weighted by Gasteiger charge is 1.91. The highest BCUT2D eigenvalue weighted by atomic mass is 32.2. The standard InChI is InChI=1S/C4H5NOS2/c1-6-4(7)8-3-2-5/h3H2,1H3. The predicted molar refractivity (Wildman–Crippen MR) is 37.7 cm³/mol. The van der Waals surface area contributed by atoms with Crippen molar-refractivity contribution in [3.8, 4) is 6.07 Å². The van der Waals surface area contributed by atoms with Gasteiger partial charge in [0.25, 0.3) is 0 Å². The van der Waals surface area contributed by atoms with Gasteiger partial charge in [-0.15, -0.1) is 0 Å². The Bertz CT molecular complexity index is 118. The molecule has 0 saturated heterocycles. The molecule has 4 heteroatoms. The molecule has 2 nitrogen and oxygen atoms in total. The van der Waals surface area contributed by atoms with E-state index in [1.165, 1.54) is 18.9 Å². The zero-order valence-electron chi connectivity index (χ0n) is 4.38. The summed E-state index contributed by atoms with van der Waals surface area (Å²) in [6, 6.07) is 1.93. The van der Waals surface area contributed by atoms with E-state index in [9.17, 15) is 0 Å². The fourth-order valence-electron chi connectivity index (χ4n) is 0.150. The molecule has 0 aliphatic carbocycles. The van der Waals surface area contributed by atoms with E-state index < -0.39 is 0 Å². The quantitative estimate of drug-likeness (QED) is 0.521. The number of hydrogen-bond acceptors (Lipinski definition) is 4. The maximum atomic E-state index is 8.02. The van der Waals surface area contributed by atoms with Gasteiger partial charge >= 0.3 is 0 Å². The molecule has 0 heterocycles. The molecule has 0 saturated carbocycles. The SMILES string of the molecule is COC(=S)SCC#N. The molecule has 0 aromatic heterocycles. The van der Waals surface area contributed by atoms with E-state index in [4.69, 9.17) is 5.26 Å². The van der Waals surface area contributed by atoms with Crippen LogP contribution in [0.15, 0.2) is 0 Å². The van der Waals surface area contributed by atoms with E-state index in [0.29, 0.717) is 10.1 Å². The van der Waals surface area contributed by atoms with Crippen molar-refractivity contribution in [1.82, 2.24) is 0 Å². The monoisotopic (exact) mass is 147 g/mol. The molecule has 0 aromatic rings. The lowest BCUT2D eigenvalue weighted by Gasteiger charge is -1.93. The Morgan fingerprint density at radius 3 is 3.00 bits per heavy atom. The number of nitrogens with zero attached hydrogens (tertiary/aromatic N) is 1. The third-order valence-corrected chi connectivity index (χ3v) is 1.62. The van der Waals surface area contributed by atoms with Crippen LogP contribution >= 0.6 is 24.0 Å². The molecule has 0 amide bonds. The van der Waals surface area contributed by atoms with Crippen molar-refractivity contribution in [2.45, 2.75) is 0 Å². The Morgan fingerprint density at radius 2 is 2.62 bits per heavy atom. The highest BCUT2D eigenvalue weighted by molar-refractivity contribution is 8.22. The molecule has 0 aliphatic heterocycles. The van der Waals surface area contributed by atoms with Crippen LogP contribution in [0.2, 0.25) is 0 Å². The van der Waals surface area contributed by atoms with E-state index in [1.807, 2.05) is 6.07 Å². The summed E-state index contributed by atoms with van der Waals surface area (Å²) < 4.78 is 5.02. The lowest BCUT2D eigenvalue weighted by Crippen LogP contribution is -1.89. The molecule has 0 aromatic carbocycles. The maximum absolute atomic E-state index is 8.02. The largest absolute Gasteiger partial charge is 0.482 e. The minimum Gasteiger partial charge on any atom is -0.482 e. The maximum Gasteiger partial charge on any atom is 0.220 e. The second kappa shape index (κ2) is 4.88. The topological polar surface area (TPSA) is 33.0 Å². The van der Waals surface area contributed by atoms with E-state index >= 15 is 0 Å². The fourth-order valence-corrected chi connectivity index (χ4v) is 0.627. The number of ether oxygens (including phenoxy) is 1. The number of thioether (sulfide) groups is 1. The summed E-state index contributed by atoms with van der Waals surface area (Å²) >= 11 is 5.83. The van der Waals surface area contributed by atoms with Crippen molar-refractivity contribution >= 4 is 28.4 Å². The number of hydrogen-bond donors (Lipinski definition) is 0. The van der Waals surface area contributed by atoms with Crippen LogP contribution in [-0.4, -0.2) is 17.2 Å². The van der Waals surface area contributed by atoms with Crippen molar-refractivity contribution in [2.75, 3.05) is 12.9 Å². The van der Waals surface area contributed by atoms with Gasteiger partial charge in [0, 0.05) is 0 Å². The first-order valence-corrected chi connectivity index (χ1v) is 3.28. The number of thiocarbonyl (C=S) groups is 1. The first-order chi connectivity index (χ1) is 3.81. The van der Waals surface area contributed by atoms with Crippen molar-refractivity contribution in [2.24, 2.45) is 0 Å². The van der Waals surface area contributed by atoms with Gasteiger partial charge in [-0.25, -0.2) is 0 Å². The Hall–Kier alpha value is -0.270. The van der Waals surface area contributed by atoms with Crippen molar-refractivity contribution in [3.63, 3.8) is 0 Å². The van der Waals surface area contributed by atoms with E-state index in [0.717, 1.165) is 0 Å². The van der Waals surface area contributed by atoms with Crippen LogP contribution in [0.25, 0.3) is 0 Å². The molecule has 0 spiro atoms. The van der Waals surface area contributed by atoms with E-state index in [2.05, 4.69) is 17.0 Å². The highest BCUT2D eigenvalue weighted by Crippen LogP contribution is 2.01. The second-order valence-electron chi connectivity index (χ2n) is 0.901. The van der Waals surface area contributed by atoms with Gasteiger partial charge < -0.3 is 4.74 Å². The molecule has 0 unspecified atom stereocenters. The van der Waals surface area contributed by atoms with E-state index in [-0.39, 0.29) is 0 Å². The smallest absolute Gasteiger partial charge is 0.220 e. The van der Waals surface area contributed by atoms with Gasteiger partial charge in [-0.1, -0.05) is 11.8 Å². The zero-order chi connectivity index (χ0) is 6.41. The van der Waals surface area contributed by atoms with Gasteiger partial charge in [0.1, 0.15) is 0 Å². The molecular weight excluding hydrogens is 142 g/mol.